The number of carbonyl (C=O) groups is 1. The van der Waals surface area contributed by atoms with Gasteiger partial charge in [0.05, 0.1) is 6.26 Å². The van der Waals surface area contributed by atoms with E-state index in [-0.39, 0.29) is 11.8 Å². The van der Waals surface area contributed by atoms with Crippen LogP contribution in [0.2, 0.25) is 0 Å². The number of hydrogen-bond acceptors (Lipinski definition) is 3. The zero-order valence-electron chi connectivity index (χ0n) is 12.7. The molecule has 0 spiro atoms. The highest BCUT2D eigenvalue weighted by molar-refractivity contribution is 7.88. The van der Waals surface area contributed by atoms with E-state index in [1.54, 1.807) is 0 Å². The first-order chi connectivity index (χ1) is 9.29. The fraction of sp³-hybridized carbons (Fsp3) is 0.929. The maximum Gasteiger partial charge on any atom is 0.226 e. The molecule has 6 heteroatoms. The Morgan fingerprint density at radius 2 is 1.75 bits per heavy atom. The second-order valence-corrected chi connectivity index (χ2v) is 8.53. The monoisotopic (exact) mass is 302 g/mol. The van der Waals surface area contributed by atoms with Crippen LogP contribution in [-0.4, -0.2) is 55.5 Å². The summed E-state index contributed by atoms with van der Waals surface area (Å²) in [6.07, 6.45) is 4.81. The van der Waals surface area contributed by atoms with Crippen molar-refractivity contribution >= 4 is 15.9 Å². The number of sulfonamides is 1. The first kappa shape index (κ1) is 15.8. The Kier molecular flexibility index (Phi) is 4.74. The quantitative estimate of drug-likeness (QED) is 0.769. The zero-order chi connectivity index (χ0) is 14.9. The van der Waals surface area contributed by atoms with E-state index in [2.05, 4.69) is 13.8 Å². The molecule has 0 unspecified atom stereocenters. The first-order valence-corrected chi connectivity index (χ1v) is 9.39. The normalized spacial score (nSPS) is 22.2. The van der Waals surface area contributed by atoms with E-state index in [1.165, 1.54) is 10.6 Å². The van der Waals surface area contributed by atoms with Crippen molar-refractivity contribution in [2.45, 2.75) is 45.6 Å². The van der Waals surface area contributed by atoms with Gasteiger partial charge in [-0.1, -0.05) is 13.8 Å². The Labute approximate surface area is 122 Å². The molecule has 1 amide bonds. The maximum atomic E-state index is 12.6. The van der Waals surface area contributed by atoms with Crippen molar-refractivity contribution in [2.24, 2.45) is 11.8 Å². The van der Waals surface area contributed by atoms with Crippen molar-refractivity contribution in [1.29, 1.82) is 0 Å². The predicted octanol–water partition coefficient (Wildman–Crippen LogP) is 1.30. The lowest BCUT2D eigenvalue weighted by atomic mass is 9.96. The summed E-state index contributed by atoms with van der Waals surface area (Å²) >= 11 is 0. The minimum atomic E-state index is -3.11. The maximum absolute atomic E-state index is 12.6. The van der Waals surface area contributed by atoms with Crippen LogP contribution >= 0.6 is 0 Å². The molecule has 2 rings (SSSR count). The van der Waals surface area contributed by atoms with Gasteiger partial charge in [0, 0.05) is 31.6 Å². The molecule has 0 atom stereocenters. The summed E-state index contributed by atoms with van der Waals surface area (Å²) < 4.78 is 24.5. The van der Waals surface area contributed by atoms with Gasteiger partial charge in [0.15, 0.2) is 0 Å². The van der Waals surface area contributed by atoms with Gasteiger partial charge >= 0.3 is 0 Å². The minimum Gasteiger partial charge on any atom is -0.339 e. The Morgan fingerprint density at radius 1 is 1.20 bits per heavy atom. The second kappa shape index (κ2) is 6.02. The van der Waals surface area contributed by atoms with Crippen LogP contribution in [0.4, 0.5) is 0 Å². The van der Waals surface area contributed by atoms with Gasteiger partial charge in [-0.25, -0.2) is 12.7 Å². The highest BCUT2D eigenvalue weighted by atomic mass is 32.2. The standard InChI is InChI=1S/C14H26N2O3S/c1-11(2)10-16(13-4-5-13)14(17)12-6-8-15(9-7-12)20(3,18)19/h11-13H,4-10H2,1-3H3. The SMILES string of the molecule is CC(C)CN(C(=O)C1CCN(S(C)(=O)=O)CC1)C1CC1. The van der Waals surface area contributed by atoms with Crippen molar-refractivity contribution in [3.8, 4) is 0 Å². The number of rotatable bonds is 5. The molecule has 5 nitrogen and oxygen atoms in total. The number of nitrogens with zero attached hydrogens (tertiary/aromatic N) is 2. The second-order valence-electron chi connectivity index (χ2n) is 6.55. The lowest BCUT2D eigenvalue weighted by Crippen LogP contribution is -2.45. The predicted molar refractivity (Wildman–Crippen MR) is 78.7 cm³/mol. The summed E-state index contributed by atoms with van der Waals surface area (Å²) in [6.45, 7) is 6.06. The van der Waals surface area contributed by atoms with Crippen LogP contribution in [-0.2, 0) is 14.8 Å². The van der Waals surface area contributed by atoms with Crippen molar-refractivity contribution in [3.05, 3.63) is 0 Å². The van der Waals surface area contributed by atoms with Gasteiger partial charge in [-0.05, 0) is 31.6 Å². The molecule has 0 aromatic heterocycles. The molecule has 0 N–H and O–H groups in total. The molecule has 1 saturated carbocycles. The lowest BCUT2D eigenvalue weighted by molar-refractivity contribution is -0.137. The Morgan fingerprint density at radius 3 is 2.15 bits per heavy atom. The van der Waals surface area contributed by atoms with Crippen molar-refractivity contribution in [1.82, 2.24) is 9.21 Å². The number of piperidine rings is 1. The van der Waals surface area contributed by atoms with E-state index in [4.69, 9.17) is 0 Å². The van der Waals surface area contributed by atoms with Crippen molar-refractivity contribution in [2.75, 3.05) is 25.9 Å². The molecule has 20 heavy (non-hydrogen) atoms. The molecule has 1 saturated heterocycles. The molecule has 2 aliphatic rings. The van der Waals surface area contributed by atoms with Crippen molar-refractivity contribution < 1.29 is 13.2 Å². The topological polar surface area (TPSA) is 57.7 Å². The van der Waals surface area contributed by atoms with E-state index in [0.717, 1.165) is 19.4 Å². The van der Waals surface area contributed by atoms with Crippen LogP contribution in [0.3, 0.4) is 0 Å². The van der Waals surface area contributed by atoms with Gasteiger partial charge in [0.1, 0.15) is 0 Å². The summed E-state index contributed by atoms with van der Waals surface area (Å²) in [7, 11) is -3.11. The molecule has 2 fully saturated rings. The van der Waals surface area contributed by atoms with Crippen LogP contribution < -0.4 is 0 Å². The van der Waals surface area contributed by atoms with Gasteiger partial charge in [0.2, 0.25) is 15.9 Å². The molecule has 1 aliphatic heterocycles. The summed E-state index contributed by atoms with van der Waals surface area (Å²) in [5, 5.41) is 0. The fourth-order valence-corrected chi connectivity index (χ4v) is 3.74. The summed E-state index contributed by atoms with van der Waals surface area (Å²) in [5.74, 6) is 0.734. The number of hydrogen-bond donors (Lipinski definition) is 0. The van der Waals surface area contributed by atoms with Gasteiger partial charge in [-0.15, -0.1) is 0 Å². The van der Waals surface area contributed by atoms with Crippen LogP contribution in [0.15, 0.2) is 0 Å². The smallest absolute Gasteiger partial charge is 0.226 e. The molecule has 0 aromatic rings. The van der Waals surface area contributed by atoms with Crippen LogP contribution in [0, 0.1) is 11.8 Å². The Hall–Kier alpha value is -0.620. The Balaban J connectivity index is 1.93. The van der Waals surface area contributed by atoms with Gasteiger partial charge in [-0.2, -0.15) is 0 Å². The van der Waals surface area contributed by atoms with Gasteiger partial charge < -0.3 is 4.90 Å². The van der Waals surface area contributed by atoms with Gasteiger partial charge in [-0.3, -0.25) is 4.79 Å². The average Bonchev–Trinajstić information content (AvgIpc) is 3.18. The fourth-order valence-electron chi connectivity index (χ4n) is 2.87. The average molecular weight is 302 g/mol. The molecule has 116 valence electrons. The third kappa shape index (κ3) is 3.95. The third-order valence-corrected chi connectivity index (χ3v) is 5.41. The third-order valence-electron chi connectivity index (χ3n) is 4.10. The molecule has 1 aliphatic carbocycles. The van der Waals surface area contributed by atoms with Crippen LogP contribution in [0.5, 0.6) is 0 Å². The first-order valence-electron chi connectivity index (χ1n) is 7.54. The van der Waals surface area contributed by atoms with E-state index in [0.29, 0.717) is 37.9 Å². The minimum absolute atomic E-state index is 0.00681. The van der Waals surface area contributed by atoms with E-state index < -0.39 is 10.0 Å². The zero-order valence-corrected chi connectivity index (χ0v) is 13.5. The molecular formula is C14H26N2O3S. The largest absolute Gasteiger partial charge is 0.339 e. The van der Waals surface area contributed by atoms with Gasteiger partial charge in [0.25, 0.3) is 0 Å². The summed E-state index contributed by atoms with van der Waals surface area (Å²) in [4.78, 5) is 14.7. The van der Waals surface area contributed by atoms with Crippen LogP contribution in [0.25, 0.3) is 0 Å². The van der Waals surface area contributed by atoms with E-state index in [1.807, 2.05) is 4.90 Å². The lowest BCUT2D eigenvalue weighted by Gasteiger charge is -2.34. The molecule has 1 heterocycles. The van der Waals surface area contributed by atoms with Crippen LogP contribution in [0.1, 0.15) is 39.5 Å². The summed E-state index contributed by atoms with van der Waals surface area (Å²) in [6, 6.07) is 0.442. The highest BCUT2D eigenvalue weighted by Crippen LogP contribution is 2.31. The highest BCUT2D eigenvalue weighted by Gasteiger charge is 2.37. The Bertz CT molecular complexity index is 449. The molecule has 0 radical (unpaired) electrons. The number of amides is 1. The molecular weight excluding hydrogens is 276 g/mol. The number of carbonyl (C=O) groups excluding carboxylic acids is 1. The van der Waals surface area contributed by atoms with E-state index >= 15 is 0 Å². The van der Waals surface area contributed by atoms with Crippen molar-refractivity contribution in [3.63, 3.8) is 0 Å². The summed E-state index contributed by atoms with van der Waals surface area (Å²) in [5.41, 5.74) is 0. The van der Waals surface area contributed by atoms with E-state index in [9.17, 15) is 13.2 Å². The molecule has 0 aromatic carbocycles. The molecule has 0 bridgehead atoms.